The Morgan fingerprint density at radius 2 is 1.44 bits per heavy atom. The van der Waals surface area contributed by atoms with Crippen molar-refractivity contribution >= 4 is 54.7 Å². The number of furan rings is 1. The summed E-state index contributed by atoms with van der Waals surface area (Å²) >= 11 is 3.69. The molecular formula is C32H21BrO. The van der Waals surface area contributed by atoms with Crippen molar-refractivity contribution in [2.24, 2.45) is 0 Å². The highest BCUT2D eigenvalue weighted by atomic mass is 79.9. The van der Waals surface area contributed by atoms with Crippen LogP contribution in [0.4, 0.5) is 0 Å². The third kappa shape index (κ3) is 3.06. The number of aryl methyl sites for hydroxylation is 1. The van der Waals surface area contributed by atoms with Crippen LogP contribution >= 0.6 is 15.9 Å². The van der Waals surface area contributed by atoms with Gasteiger partial charge in [-0.2, -0.15) is 0 Å². The molecule has 2 heteroatoms. The molecule has 0 N–H and O–H groups in total. The summed E-state index contributed by atoms with van der Waals surface area (Å²) in [5.41, 5.74) is 9.59. The number of hydrogen-bond donors (Lipinski definition) is 0. The summed E-state index contributed by atoms with van der Waals surface area (Å²) in [5, 5.41) is 4.98. The summed E-state index contributed by atoms with van der Waals surface area (Å²) < 4.78 is 7.11. The van der Waals surface area contributed by atoms with Crippen LogP contribution in [0.1, 0.15) is 17.5 Å². The van der Waals surface area contributed by atoms with Gasteiger partial charge in [0.05, 0.1) is 0 Å². The molecule has 0 amide bonds. The summed E-state index contributed by atoms with van der Waals surface area (Å²) in [4.78, 5) is 0. The smallest absolute Gasteiger partial charge is 0.136 e. The van der Waals surface area contributed by atoms with Crippen LogP contribution in [0.15, 0.2) is 106 Å². The first kappa shape index (κ1) is 19.8. The maximum absolute atomic E-state index is 6.05. The topological polar surface area (TPSA) is 13.1 Å². The predicted molar refractivity (Wildman–Crippen MR) is 147 cm³/mol. The summed E-state index contributed by atoms with van der Waals surface area (Å²) in [6.45, 7) is 0. The number of rotatable bonds is 2. The molecule has 6 aromatic rings. The van der Waals surface area contributed by atoms with Gasteiger partial charge in [0.15, 0.2) is 0 Å². The van der Waals surface area contributed by atoms with E-state index in [0.717, 1.165) is 39.3 Å². The Labute approximate surface area is 206 Å². The van der Waals surface area contributed by atoms with Crippen LogP contribution in [0.3, 0.4) is 0 Å². The van der Waals surface area contributed by atoms with E-state index in [0.29, 0.717) is 0 Å². The molecule has 34 heavy (non-hydrogen) atoms. The summed E-state index contributed by atoms with van der Waals surface area (Å²) in [6.07, 6.45) is 6.81. The van der Waals surface area contributed by atoms with Gasteiger partial charge in [-0.05, 0) is 87.3 Å². The van der Waals surface area contributed by atoms with Gasteiger partial charge >= 0.3 is 0 Å². The lowest BCUT2D eigenvalue weighted by molar-refractivity contribution is 0.669. The van der Waals surface area contributed by atoms with Crippen molar-refractivity contribution in [3.05, 3.63) is 113 Å². The fourth-order valence-corrected chi connectivity index (χ4v) is 5.93. The number of hydrogen-bond acceptors (Lipinski definition) is 1. The van der Waals surface area contributed by atoms with Crippen molar-refractivity contribution < 1.29 is 4.42 Å². The Morgan fingerprint density at radius 3 is 2.32 bits per heavy atom. The van der Waals surface area contributed by atoms with Crippen LogP contribution in [0, 0.1) is 0 Å². The maximum atomic E-state index is 6.05. The quantitative estimate of drug-likeness (QED) is 0.230. The monoisotopic (exact) mass is 500 g/mol. The second-order valence-electron chi connectivity index (χ2n) is 8.98. The summed E-state index contributed by atoms with van der Waals surface area (Å²) in [7, 11) is 0. The van der Waals surface area contributed by atoms with Gasteiger partial charge < -0.3 is 4.42 Å². The molecule has 7 rings (SSSR count). The lowest BCUT2D eigenvalue weighted by Crippen LogP contribution is -1.97. The zero-order valence-electron chi connectivity index (χ0n) is 18.5. The Balaban J connectivity index is 1.35. The van der Waals surface area contributed by atoms with Gasteiger partial charge in [0.2, 0.25) is 0 Å². The minimum Gasteiger partial charge on any atom is -0.456 e. The summed E-state index contributed by atoms with van der Waals surface area (Å²) in [5.74, 6) is 0. The molecule has 1 aromatic heterocycles. The van der Waals surface area contributed by atoms with Gasteiger partial charge in [-0.3, -0.25) is 0 Å². The van der Waals surface area contributed by atoms with E-state index in [1.165, 1.54) is 44.2 Å². The maximum Gasteiger partial charge on any atom is 0.136 e. The van der Waals surface area contributed by atoms with Crippen molar-refractivity contribution in [1.29, 1.82) is 0 Å². The molecule has 1 aliphatic carbocycles. The van der Waals surface area contributed by atoms with Crippen molar-refractivity contribution in [2.45, 2.75) is 12.8 Å². The Kier molecular flexibility index (Phi) is 4.50. The average Bonchev–Trinajstić information content (AvgIpc) is 3.27. The third-order valence-corrected chi connectivity index (χ3v) is 7.68. The fourth-order valence-electron chi connectivity index (χ4n) is 5.37. The molecule has 5 aromatic carbocycles. The first-order valence-corrected chi connectivity index (χ1v) is 12.5. The molecule has 162 valence electrons. The van der Waals surface area contributed by atoms with E-state index in [9.17, 15) is 0 Å². The Bertz CT molecular complexity index is 1750. The first-order valence-electron chi connectivity index (χ1n) is 11.7. The fraction of sp³-hybridized carbons (Fsp3) is 0.0625. The molecule has 0 radical (unpaired) electrons. The van der Waals surface area contributed by atoms with Crippen LogP contribution < -0.4 is 0 Å². The van der Waals surface area contributed by atoms with Gasteiger partial charge in [0.25, 0.3) is 0 Å². The molecule has 0 bridgehead atoms. The van der Waals surface area contributed by atoms with Crippen molar-refractivity contribution in [3.8, 4) is 22.3 Å². The average molecular weight is 501 g/mol. The van der Waals surface area contributed by atoms with E-state index in [2.05, 4.69) is 107 Å². The van der Waals surface area contributed by atoms with E-state index in [4.69, 9.17) is 4.42 Å². The predicted octanol–water partition coefficient (Wildman–Crippen LogP) is 9.80. The van der Waals surface area contributed by atoms with Crippen LogP contribution in [0.25, 0.3) is 61.0 Å². The van der Waals surface area contributed by atoms with Crippen LogP contribution in [0.2, 0.25) is 0 Å². The highest BCUT2D eigenvalue weighted by Gasteiger charge is 2.14. The first-order chi connectivity index (χ1) is 16.8. The highest BCUT2D eigenvalue weighted by molar-refractivity contribution is 9.10. The van der Waals surface area contributed by atoms with Crippen LogP contribution in [-0.4, -0.2) is 0 Å². The molecule has 0 unspecified atom stereocenters. The molecular weight excluding hydrogens is 480 g/mol. The normalized spacial score (nSPS) is 13.1. The zero-order valence-corrected chi connectivity index (χ0v) is 20.1. The standard InChI is InChI=1S/C32H21BrO/c33-29-10-5-11-31-32(29)28-18-22(16-17-30(28)34-31)20-12-14-21(15-13-20)27-19-23-6-1-2-7-24(23)25-8-3-4-9-26(25)27/h1,3-6,8-19H,2,7H2. The number of fused-ring (bicyclic) bond motifs is 6. The number of halogens is 1. The lowest BCUT2D eigenvalue weighted by atomic mass is 9.87. The molecule has 0 saturated carbocycles. The van der Waals surface area contributed by atoms with Crippen LogP contribution in [-0.2, 0) is 6.42 Å². The van der Waals surface area contributed by atoms with E-state index in [1.54, 1.807) is 0 Å². The Morgan fingerprint density at radius 1 is 0.647 bits per heavy atom. The van der Waals surface area contributed by atoms with E-state index < -0.39 is 0 Å². The molecule has 0 aliphatic heterocycles. The minimum atomic E-state index is 0.908. The second-order valence-corrected chi connectivity index (χ2v) is 9.84. The molecule has 0 spiro atoms. The molecule has 0 fully saturated rings. The Hall–Kier alpha value is -3.62. The molecule has 1 aliphatic rings. The summed E-state index contributed by atoms with van der Waals surface area (Å²) in [6, 6.07) is 32.7. The number of benzene rings is 5. The van der Waals surface area contributed by atoms with Gasteiger partial charge in [-0.1, -0.05) is 88.7 Å². The number of allylic oxidation sites excluding steroid dienone is 1. The van der Waals surface area contributed by atoms with Crippen LogP contribution in [0.5, 0.6) is 0 Å². The highest BCUT2D eigenvalue weighted by Crippen LogP contribution is 2.38. The molecule has 1 heterocycles. The van der Waals surface area contributed by atoms with Gasteiger partial charge in [-0.15, -0.1) is 0 Å². The third-order valence-electron chi connectivity index (χ3n) is 7.02. The largest absolute Gasteiger partial charge is 0.456 e. The van der Waals surface area contributed by atoms with Crippen molar-refractivity contribution in [3.63, 3.8) is 0 Å². The minimum absolute atomic E-state index is 0.908. The molecule has 0 saturated heterocycles. The molecule has 0 atom stereocenters. The van der Waals surface area contributed by atoms with Crippen molar-refractivity contribution in [2.75, 3.05) is 0 Å². The zero-order chi connectivity index (χ0) is 22.6. The van der Waals surface area contributed by atoms with Gasteiger partial charge in [0.1, 0.15) is 11.2 Å². The van der Waals surface area contributed by atoms with Gasteiger partial charge in [-0.25, -0.2) is 0 Å². The van der Waals surface area contributed by atoms with E-state index in [1.807, 2.05) is 12.1 Å². The lowest BCUT2D eigenvalue weighted by Gasteiger charge is -2.17. The molecule has 1 nitrogen and oxygen atoms in total. The van der Waals surface area contributed by atoms with Gasteiger partial charge in [0, 0.05) is 15.2 Å². The SMILES string of the molecule is Brc1cccc2oc3ccc(-c4ccc(-c5cc6c(c7ccccc57)CCC=C6)cc4)cc3c12. The second kappa shape index (κ2) is 7.72. The van der Waals surface area contributed by atoms with E-state index in [-0.39, 0.29) is 0 Å². The van der Waals surface area contributed by atoms with Crippen molar-refractivity contribution in [1.82, 2.24) is 0 Å². The van der Waals surface area contributed by atoms with E-state index >= 15 is 0 Å².